The maximum Gasteiger partial charge on any atom is 0.419 e. The lowest BCUT2D eigenvalue weighted by Gasteiger charge is -2.19. The number of nitrogens with zero attached hydrogens (tertiary/aromatic N) is 1. The van der Waals surface area contributed by atoms with Crippen molar-refractivity contribution in [2.75, 3.05) is 5.32 Å². The zero-order chi connectivity index (χ0) is 14.8. The van der Waals surface area contributed by atoms with E-state index in [0.717, 1.165) is 19.2 Å². The summed E-state index contributed by atoms with van der Waals surface area (Å²) in [6, 6.07) is -0.454. The molecule has 0 saturated heterocycles. The fraction of sp³-hybridized carbons (Fsp3) is 0.500. The summed E-state index contributed by atoms with van der Waals surface area (Å²) < 4.78 is 74.5. The van der Waals surface area contributed by atoms with Crippen LogP contribution in [0, 0.1) is 0 Å². The van der Waals surface area contributed by atoms with Gasteiger partial charge in [0.2, 0.25) is 0 Å². The van der Waals surface area contributed by atoms with E-state index in [-0.39, 0.29) is 4.47 Å². The number of nitrogens with one attached hydrogen (secondary N) is 1. The van der Waals surface area contributed by atoms with E-state index < -0.39 is 36.2 Å². The van der Waals surface area contributed by atoms with Gasteiger partial charge in [-0.15, -0.1) is 0 Å². The lowest BCUT2D eigenvalue weighted by atomic mass is 10.2. The first-order valence-electron chi connectivity index (χ1n) is 5.05. The van der Waals surface area contributed by atoms with Crippen molar-refractivity contribution < 1.29 is 26.3 Å². The van der Waals surface area contributed by atoms with Crippen molar-refractivity contribution in [3.05, 3.63) is 22.3 Å². The molecule has 0 aromatic carbocycles. The molecule has 0 spiro atoms. The molecule has 1 aromatic heterocycles. The molecule has 0 amide bonds. The van der Waals surface area contributed by atoms with Gasteiger partial charge in [-0.3, -0.25) is 0 Å². The Hall–Kier alpha value is -0.990. The second-order valence-corrected chi connectivity index (χ2v) is 4.83. The van der Waals surface area contributed by atoms with Crippen molar-refractivity contribution in [1.29, 1.82) is 0 Å². The number of hydrogen-bond acceptors (Lipinski definition) is 2. The number of halogens is 7. The molecular weight excluding hydrogens is 342 g/mol. The Morgan fingerprint density at radius 2 is 1.84 bits per heavy atom. The first kappa shape index (κ1) is 16.1. The zero-order valence-electron chi connectivity index (χ0n) is 9.53. The maximum atomic E-state index is 12.7. The van der Waals surface area contributed by atoms with Gasteiger partial charge in [-0.1, -0.05) is 0 Å². The van der Waals surface area contributed by atoms with E-state index in [2.05, 4.69) is 26.2 Å². The molecule has 9 heteroatoms. The Labute approximate surface area is 113 Å². The first-order valence-corrected chi connectivity index (χ1v) is 5.84. The van der Waals surface area contributed by atoms with Crippen molar-refractivity contribution in [1.82, 2.24) is 4.98 Å². The van der Waals surface area contributed by atoms with E-state index in [0.29, 0.717) is 0 Å². The highest BCUT2D eigenvalue weighted by atomic mass is 79.9. The Kier molecular flexibility index (Phi) is 4.70. The molecule has 1 heterocycles. The van der Waals surface area contributed by atoms with Gasteiger partial charge in [-0.25, -0.2) is 4.98 Å². The molecule has 0 bridgehead atoms. The lowest BCUT2D eigenvalue weighted by Crippen LogP contribution is -2.25. The molecule has 1 unspecified atom stereocenters. The highest BCUT2D eigenvalue weighted by molar-refractivity contribution is 9.10. The number of rotatable bonds is 3. The Balaban J connectivity index is 2.95. The van der Waals surface area contributed by atoms with Gasteiger partial charge < -0.3 is 5.32 Å². The second-order valence-electron chi connectivity index (χ2n) is 3.91. The van der Waals surface area contributed by atoms with Crippen LogP contribution in [-0.2, 0) is 6.18 Å². The van der Waals surface area contributed by atoms with Gasteiger partial charge in [-0.05, 0) is 28.9 Å². The third-order valence-corrected chi connectivity index (χ3v) is 2.51. The standard InChI is InChI=1S/C10H9BrF6N2/c1-5(3-9(12,13)14)19-8-7(10(15,16)17)2-6(11)4-18-8/h2,4-5H,3H2,1H3,(H,18,19). The van der Waals surface area contributed by atoms with Crippen LogP contribution in [0.15, 0.2) is 16.7 Å². The van der Waals surface area contributed by atoms with Crippen molar-refractivity contribution in [2.45, 2.75) is 31.7 Å². The predicted molar refractivity (Wildman–Crippen MR) is 60.7 cm³/mol. The average molecular weight is 351 g/mol. The molecule has 0 aliphatic heterocycles. The van der Waals surface area contributed by atoms with E-state index in [1.54, 1.807) is 0 Å². The smallest absolute Gasteiger partial charge is 0.367 e. The van der Waals surface area contributed by atoms with Crippen LogP contribution in [0.4, 0.5) is 32.2 Å². The van der Waals surface area contributed by atoms with Gasteiger partial charge in [0.15, 0.2) is 0 Å². The van der Waals surface area contributed by atoms with Gasteiger partial charge in [0.25, 0.3) is 0 Å². The molecule has 19 heavy (non-hydrogen) atoms. The Bertz CT molecular complexity index is 443. The maximum absolute atomic E-state index is 12.7. The molecule has 2 nitrogen and oxygen atoms in total. The van der Waals surface area contributed by atoms with E-state index in [4.69, 9.17) is 0 Å². The highest BCUT2D eigenvalue weighted by Crippen LogP contribution is 2.36. The predicted octanol–water partition coefficient (Wildman–Crippen LogP) is 4.62. The summed E-state index contributed by atoms with van der Waals surface area (Å²) >= 11 is 2.83. The second kappa shape index (κ2) is 5.56. The quantitative estimate of drug-likeness (QED) is 0.805. The Morgan fingerprint density at radius 1 is 1.26 bits per heavy atom. The van der Waals surface area contributed by atoms with Crippen LogP contribution in [0.5, 0.6) is 0 Å². The molecular formula is C10H9BrF6N2. The topological polar surface area (TPSA) is 24.9 Å². The Morgan fingerprint density at radius 3 is 2.32 bits per heavy atom. The summed E-state index contributed by atoms with van der Waals surface area (Å²) in [7, 11) is 0. The fourth-order valence-corrected chi connectivity index (χ4v) is 1.73. The normalized spacial score (nSPS) is 14.3. The van der Waals surface area contributed by atoms with Crippen LogP contribution in [-0.4, -0.2) is 17.2 Å². The minimum Gasteiger partial charge on any atom is -0.367 e. The third-order valence-electron chi connectivity index (χ3n) is 2.08. The van der Waals surface area contributed by atoms with E-state index in [1.807, 2.05) is 0 Å². The van der Waals surface area contributed by atoms with E-state index in [1.165, 1.54) is 0 Å². The van der Waals surface area contributed by atoms with Gasteiger partial charge >= 0.3 is 12.4 Å². The summed E-state index contributed by atoms with van der Waals surface area (Å²) in [6.45, 7) is 1.14. The highest BCUT2D eigenvalue weighted by Gasteiger charge is 2.36. The number of hydrogen-bond donors (Lipinski definition) is 1. The van der Waals surface area contributed by atoms with Crippen LogP contribution in [0.2, 0.25) is 0 Å². The minimum absolute atomic E-state index is 0.0915. The third kappa shape index (κ3) is 5.25. The lowest BCUT2D eigenvalue weighted by molar-refractivity contribution is -0.137. The number of alkyl halides is 6. The molecule has 1 aromatic rings. The van der Waals surface area contributed by atoms with Crippen molar-refractivity contribution in [2.24, 2.45) is 0 Å². The molecule has 1 rings (SSSR count). The molecule has 0 aliphatic carbocycles. The van der Waals surface area contributed by atoms with Crippen molar-refractivity contribution >= 4 is 21.7 Å². The SMILES string of the molecule is CC(CC(F)(F)F)Nc1ncc(Br)cc1C(F)(F)F. The zero-order valence-corrected chi connectivity index (χ0v) is 11.1. The summed E-state index contributed by atoms with van der Waals surface area (Å²) in [4.78, 5) is 3.47. The van der Waals surface area contributed by atoms with Gasteiger partial charge in [-0.2, -0.15) is 26.3 Å². The van der Waals surface area contributed by atoms with Gasteiger partial charge in [0.05, 0.1) is 12.0 Å². The van der Waals surface area contributed by atoms with Crippen LogP contribution in [0.25, 0.3) is 0 Å². The van der Waals surface area contributed by atoms with Gasteiger partial charge in [0, 0.05) is 16.7 Å². The summed E-state index contributed by atoms with van der Waals surface area (Å²) in [6.07, 6.45) is -9.32. The summed E-state index contributed by atoms with van der Waals surface area (Å²) in [5.41, 5.74) is -1.11. The summed E-state index contributed by atoms with van der Waals surface area (Å²) in [5.74, 6) is -0.618. The van der Waals surface area contributed by atoms with Crippen LogP contribution in [0.3, 0.4) is 0 Å². The summed E-state index contributed by atoms with van der Waals surface area (Å²) in [5, 5.41) is 2.13. The van der Waals surface area contributed by atoms with Crippen LogP contribution < -0.4 is 5.32 Å². The monoisotopic (exact) mass is 350 g/mol. The van der Waals surface area contributed by atoms with Gasteiger partial charge in [0.1, 0.15) is 5.82 Å². The van der Waals surface area contributed by atoms with Crippen LogP contribution in [0.1, 0.15) is 18.9 Å². The molecule has 1 N–H and O–H groups in total. The van der Waals surface area contributed by atoms with E-state index >= 15 is 0 Å². The number of aromatic nitrogens is 1. The molecule has 1 atom stereocenters. The largest absolute Gasteiger partial charge is 0.419 e. The number of anilines is 1. The average Bonchev–Trinajstić information content (AvgIpc) is 2.16. The minimum atomic E-state index is -4.70. The molecule has 108 valence electrons. The molecule has 0 saturated carbocycles. The molecule has 0 aliphatic rings. The molecule has 0 radical (unpaired) electrons. The fourth-order valence-electron chi connectivity index (χ4n) is 1.40. The van der Waals surface area contributed by atoms with E-state index in [9.17, 15) is 26.3 Å². The first-order chi connectivity index (χ1) is 8.49. The van der Waals surface area contributed by atoms with Crippen molar-refractivity contribution in [3.63, 3.8) is 0 Å². The van der Waals surface area contributed by atoms with Crippen molar-refractivity contribution in [3.8, 4) is 0 Å². The number of pyridine rings is 1. The van der Waals surface area contributed by atoms with Crippen LogP contribution >= 0.6 is 15.9 Å². The molecule has 0 fully saturated rings.